The molecule has 1 aliphatic carbocycles. The van der Waals surface area contributed by atoms with Gasteiger partial charge in [-0.05, 0) is 31.9 Å². The van der Waals surface area contributed by atoms with E-state index >= 15 is 0 Å². The van der Waals surface area contributed by atoms with Crippen molar-refractivity contribution in [1.82, 2.24) is 9.97 Å². The molecule has 0 unspecified atom stereocenters. The van der Waals surface area contributed by atoms with Gasteiger partial charge >= 0.3 is 0 Å². The van der Waals surface area contributed by atoms with Crippen LogP contribution < -0.4 is 10.3 Å². The van der Waals surface area contributed by atoms with Crippen LogP contribution in [0.5, 0.6) is 5.75 Å². The molecule has 104 valence electrons. The van der Waals surface area contributed by atoms with E-state index in [0.29, 0.717) is 23.9 Å². The molecular formula is C16H18N2O2. The molecule has 0 radical (unpaired) electrons. The van der Waals surface area contributed by atoms with Crippen molar-refractivity contribution in [3.63, 3.8) is 0 Å². The van der Waals surface area contributed by atoms with Gasteiger partial charge in [0.15, 0.2) is 0 Å². The number of nitrogens with one attached hydrogen (secondary N) is 1. The molecule has 3 rings (SSSR count). The van der Waals surface area contributed by atoms with Gasteiger partial charge in [0.25, 0.3) is 5.56 Å². The number of aryl methyl sites for hydroxylation is 1. The lowest BCUT2D eigenvalue weighted by Gasteiger charge is -2.09. The van der Waals surface area contributed by atoms with E-state index in [1.165, 1.54) is 0 Å². The molecule has 4 nitrogen and oxygen atoms in total. The summed E-state index contributed by atoms with van der Waals surface area (Å²) in [5.41, 5.74) is 2.25. The predicted octanol–water partition coefficient (Wildman–Crippen LogP) is 2.85. The lowest BCUT2D eigenvalue weighted by atomic mass is 10.1. The van der Waals surface area contributed by atoms with E-state index in [0.717, 1.165) is 29.8 Å². The van der Waals surface area contributed by atoms with E-state index in [9.17, 15) is 4.79 Å². The molecule has 1 aromatic carbocycles. The second-order valence-corrected chi connectivity index (χ2v) is 5.18. The van der Waals surface area contributed by atoms with Gasteiger partial charge in [0.2, 0.25) is 0 Å². The van der Waals surface area contributed by atoms with E-state index < -0.39 is 0 Å². The third-order valence-electron chi connectivity index (χ3n) is 3.47. The summed E-state index contributed by atoms with van der Waals surface area (Å²) in [5, 5.41) is 0. The number of aromatic amines is 1. The first-order valence-electron chi connectivity index (χ1n) is 7.04. The Labute approximate surface area is 117 Å². The summed E-state index contributed by atoms with van der Waals surface area (Å²) in [5.74, 6) is 1.56. The van der Waals surface area contributed by atoms with Crippen LogP contribution in [0.4, 0.5) is 0 Å². The number of aromatic nitrogens is 2. The first-order chi connectivity index (χ1) is 9.67. The second kappa shape index (κ2) is 5.12. The fourth-order valence-electron chi connectivity index (χ4n) is 2.12. The Bertz CT molecular complexity index is 687. The highest BCUT2D eigenvalue weighted by Gasteiger charge is 2.23. The fourth-order valence-corrected chi connectivity index (χ4v) is 2.12. The number of nitrogens with zero attached hydrogens (tertiary/aromatic N) is 1. The minimum Gasteiger partial charge on any atom is -0.490 e. The van der Waals surface area contributed by atoms with Gasteiger partial charge in [-0.3, -0.25) is 4.79 Å². The topological polar surface area (TPSA) is 55.0 Å². The maximum atomic E-state index is 11.9. The van der Waals surface area contributed by atoms with Gasteiger partial charge in [0.1, 0.15) is 11.6 Å². The van der Waals surface area contributed by atoms with Crippen molar-refractivity contribution < 1.29 is 4.74 Å². The largest absolute Gasteiger partial charge is 0.490 e. The molecule has 0 bridgehead atoms. The van der Waals surface area contributed by atoms with E-state index in [1.807, 2.05) is 31.2 Å². The number of H-pyrrole nitrogens is 1. The Morgan fingerprint density at radius 1 is 1.40 bits per heavy atom. The molecule has 1 aliphatic rings. The van der Waals surface area contributed by atoms with E-state index in [1.54, 1.807) is 6.92 Å². The second-order valence-electron chi connectivity index (χ2n) is 5.18. The molecule has 0 aliphatic heterocycles. The first kappa shape index (κ1) is 12.9. The highest BCUT2D eigenvalue weighted by atomic mass is 16.5. The van der Waals surface area contributed by atoms with Gasteiger partial charge in [0, 0.05) is 17.5 Å². The third-order valence-corrected chi connectivity index (χ3v) is 3.47. The minimum atomic E-state index is -0.0691. The normalized spacial score (nSPS) is 14.3. The molecule has 1 saturated carbocycles. The van der Waals surface area contributed by atoms with Crippen molar-refractivity contribution in [1.29, 1.82) is 0 Å². The van der Waals surface area contributed by atoms with Crippen molar-refractivity contribution in [2.45, 2.75) is 39.2 Å². The lowest BCUT2D eigenvalue weighted by molar-refractivity contribution is 0.303. The highest BCUT2D eigenvalue weighted by molar-refractivity contribution is 5.64. The zero-order valence-corrected chi connectivity index (χ0v) is 11.8. The summed E-state index contributed by atoms with van der Waals surface area (Å²) in [6.07, 6.45) is 3.34. The molecule has 0 saturated heterocycles. The summed E-state index contributed by atoms with van der Waals surface area (Å²) in [6, 6.07) is 7.83. The van der Waals surface area contributed by atoms with Crippen LogP contribution in [0.3, 0.4) is 0 Å². The Hall–Kier alpha value is -2.10. The van der Waals surface area contributed by atoms with E-state index in [-0.39, 0.29) is 5.56 Å². The maximum Gasteiger partial charge on any atom is 0.254 e. The average Bonchev–Trinajstić information content (AvgIpc) is 3.26. The summed E-state index contributed by atoms with van der Waals surface area (Å²) in [6.45, 7) is 3.78. The predicted molar refractivity (Wildman–Crippen MR) is 78.1 cm³/mol. The van der Waals surface area contributed by atoms with Crippen LogP contribution in [0.15, 0.2) is 29.1 Å². The van der Waals surface area contributed by atoms with Crippen LogP contribution in [-0.2, 0) is 6.42 Å². The van der Waals surface area contributed by atoms with Crippen molar-refractivity contribution in [3.05, 3.63) is 46.0 Å². The summed E-state index contributed by atoms with van der Waals surface area (Å²) < 4.78 is 5.80. The van der Waals surface area contributed by atoms with Gasteiger partial charge in [-0.15, -0.1) is 0 Å². The van der Waals surface area contributed by atoms with Crippen LogP contribution in [-0.4, -0.2) is 16.1 Å². The standard InChI is InChI=1S/C16H18N2O2/c1-3-14-17-15(10(2)16(19)18-14)11-5-4-6-13(9-11)20-12-7-8-12/h4-6,9,12H,3,7-8H2,1-2H3,(H,17,18,19). The number of ether oxygens (including phenoxy) is 1. The molecule has 4 heteroatoms. The number of benzene rings is 1. The Morgan fingerprint density at radius 3 is 2.90 bits per heavy atom. The van der Waals surface area contributed by atoms with E-state index in [2.05, 4.69) is 9.97 Å². The summed E-state index contributed by atoms with van der Waals surface area (Å²) >= 11 is 0. The monoisotopic (exact) mass is 270 g/mol. The summed E-state index contributed by atoms with van der Waals surface area (Å²) in [4.78, 5) is 19.3. The summed E-state index contributed by atoms with van der Waals surface area (Å²) in [7, 11) is 0. The van der Waals surface area contributed by atoms with Crippen LogP contribution in [0.1, 0.15) is 31.2 Å². The molecule has 0 atom stereocenters. The highest BCUT2D eigenvalue weighted by Crippen LogP contribution is 2.29. The van der Waals surface area contributed by atoms with Gasteiger partial charge in [-0.25, -0.2) is 4.98 Å². The SMILES string of the molecule is CCc1nc(-c2cccc(OC3CC3)c2)c(C)c(=O)[nH]1. The van der Waals surface area contributed by atoms with Gasteiger partial charge in [0.05, 0.1) is 11.8 Å². The van der Waals surface area contributed by atoms with Crippen molar-refractivity contribution in [2.24, 2.45) is 0 Å². The molecule has 2 aromatic rings. The molecule has 1 fully saturated rings. The van der Waals surface area contributed by atoms with Crippen molar-refractivity contribution in [2.75, 3.05) is 0 Å². The zero-order valence-electron chi connectivity index (χ0n) is 11.8. The molecule has 20 heavy (non-hydrogen) atoms. The number of hydrogen-bond donors (Lipinski definition) is 1. The number of rotatable bonds is 4. The lowest BCUT2D eigenvalue weighted by Crippen LogP contribution is -2.15. The Kier molecular flexibility index (Phi) is 3.30. The molecule has 0 spiro atoms. The van der Waals surface area contributed by atoms with E-state index in [4.69, 9.17) is 4.74 Å². The van der Waals surface area contributed by atoms with Crippen molar-refractivity contribution in [3.8, 4) is 17.0 Å². The molecule has 1 N–H and O–H groups in total. The van der Waals surface area contributed by atoms with Gasteiger partial charge < -0.3 is 9.72 Å². The molecule has 1 aromatic heterocycles. The quantitative estimate of drug-likeness (QED) is 0.929. The fraction of sp³-hybridized carbons (Fsp3) is 0.375. The average molecular weight is 270 g/mol. The minimum absolute atomic E-state index is 0.0691. The van der Waals surface area contributed by atoms with Crippen LogP contribution in [0.25, 0.3) is 11.3 Å². The van der Waals surface area contributed by atoms with Gasteiger partial charge in [-0.2, -0.15) is 0 Å². The zero-order chi connectivity index (χ0) is 14.1. The molecule has 1 heterocycles. The Balaban J connectivity index is 2.03. The molecular weight excluding hydrogens is 252 g/mol. The van der Waals surface area contributed by atoms with Crippen molar-refractivity contribution >= 4 is 0 Å². The van der Waals surface area contributed by atoms with Crippen LogP contribution in [0, 0.1) is 6.92 Å². The third kappa shape index (κ3) is 2.59. The van der Waals surface area contributed by atoms with Crippen LogP contribution >= 0.6 is 0 Å². The number of hydrogen-bond acceptors (Lipinski definition) is 3. The Morgan fingerprint density at radius 2 is 2.20 bits per heavy atom. The smallest absolute Gasteiger partial charge is 0.254 e. The van der Waals surface area contributed by atoms with Crippen LogP contribution in [0.2, 0.25) is 0 Å². The van der Waals surface area contributed by atoms with Gasteiger partial charge in [-0.1, -0.05) is 19.1 Å². The first-order valence-corrected chi connectivity index (χ1v) is 7.04. The maximum absolute atomic E-state index is 11.9. The molecule has 0 amide bonds.